The molecule has 0 amide bonds. The van der Waals surface area contributed by atoms with Crippen LogP contribution in [0.25, 0.3) is 0 Å². The minimum atomic E-state index is -4.38. The zero-order valence-corrected chi connectivity index (χ0v) is 17.8. The van der Waals surface area contributed by atoms with E-state index in [1.54, 1.807) is 36.4 Å². The Morgan fingerprint density at radius 2 is 1.36 bits per heavy atom. The molecule has 3 aromatic rings. The number of ether oxygens (including phenoxy) is 1. The molecule has 0 radical (unpaired) electrons. The Bertz CT molecular complexity index is 1090. The van der Waals surface area contributed by atoms with Crippen molar-refractivity contribution in [1.29, 1.82) is 0 Å². The van der Waals surface area contributed by atoms with Crippen molar-refractivity contribution in [2.75, 3.05) is 10.6 Å². The number of unbranched alkanes of at least 4 members (excludes halogenated alkanes) is 1. The van der Waals surface area contributed by atoms with E-state index in [2.05, 4.69) is 10.6 Å². The van der Waals surface area contributed by atoms with Crippen LogP contribution in [0, 0.1) is 0 Å². The SMILES string of the molecule is CCC/C=C(/Nc1ccc(Oc2ccc(C(=O)O)cc2)cc1)Nc1ccc(C(F)(F)F)cc1. The van der Waals surface area contributed by atoms with Gasteiger partial charge in [-0.15, -0.1) is 0 Å². The molecule has 0 heterocycles. The molecule has 0 spiro atoms. The van der Waals surface area contributed by atoms with Crippen LogP contribution in [0.15, 0.2) is 84.7 Å². The first-order valence-corrected chi connectivity index (χ1v) is 10.3. The number of carboxylic acid groups (broad SMARTS) is 1. The van der Waals surface area contributed by atoms with E-state index in [0.717, 1.165) is 30.7 Å². The van der Waals surface area contributed by atoms with Crippen LogP contribution in [0.5, 0.6) is 11.5 Å². The van der Waals surface area contributed by atoms with Crippen LogP contribution < -0.4 is 15.4 Å². The lowest BCUT2D eigenvalue weighted by atomic mass is 10.2. The largest absolute Gasteiger partial charge is 0.478 e. The van der Waals surface area contributed by atoms with E-state index < -0.39 is 17.7 Å². The quantitative estimate of drug-likeness (QED) is 0.314. The van der Waals surface area contributed by atoms with Crippen LogP contribution >= 0.6 is 0 Å². The van der Waals surface area contributed by atoms with Crippen LogP contribution in [0.2, 0.25) is 0 Å². The molecule has 0 bridgehead atoms. The van der Waals surface area contributed by atoms with Crippen LogP contribution in [0.3, 0.4) is 0 Å². The van der Waals surface area contributed by atoms with Crippen molar-refractivity contribution in [2.45, 2.75) is 25.9 Å². The molecule has 3 aromatic carbocycles. The topological polar surface area (TPSA) is 70.6 Å². The Morgan fingerprint density at radius 3 is 1.82 bits per heavy atom. The second-order valence-corrected chi connectivity index (χ2v) is 7.19. The molecule has 3 N–H and O–H groups in total. The Morgan fingerprint density at radius 1 is 0.879 bits per heavy atom. The highest BCUT2D eigenvalue weighted by atomic mass is 19.4. The molecule has 0 unspecified atom stereocenters. The average Bonchev–Trinajstić information content (AvgIpc) is 2.79. The van der Waals surface area contributed by atoms with Crippen molar-refractivity contribution in [3.8, 4) is 11.5 Å². The Kier molecular flexibility index (Phi) is 7.61. The molecule has 0 aliphatic rings. The number of carbonyl (C=O) groups is 1. The highest BCUT2D eigenvalue weighted by Gasteiger charge is 2.29. The van der Waals surface area contributed by atoms with Gasteiger partial charge in [-0.05, 0) is 85.3 Å². The van der Waals surface area contributed by atoms with E-state index in [-0.39, 0.29) is 5.56 Å². The third kappa shape index (κ3) is 7.03. The number of anilines is 2. The number of allylic oxidation sites excluding steroid dienone is 1. The first-order valence-electron chi connectivity index (χ1n) is 10.3. The molecule has 0 aromatic heterocycles. The van der Waals surface area contributed by atoms with E-state index in [4.69, 9.17) is 9.84 Å². The highest BCUT2D eigenvalue weighted by molar-refractivity contribution is 5.87. The first-order chi connectivity index (χ1) is 15.7. The number of alkyl halides is 3. The molecule has 0 saturated heterocycles. The van der Waals surface area contributed by atoms with E-state index in [1.165, 1.54) is 24.3 Å². The van der Waals surface area contributed by atoms with Crippen molar-refractivity contribution in [1.82, 2.24) is 0 Å². The fourth-order valence-corrected chi connectivity index (χ4v) is 2.88. The molecular weight excluding hydrogens is 433 g/mol. The van der Waals surface area contributed by atoms with Gasteiger partial charge in [0, 0.05) is 11.4 Å². The summed E-state index contributed by atoms with van der Waals surface area (Å²) in [6.07, 6.45) is -0.747. The summed E-state index contributed by atoms with van der Waals surface area (Å²) in [5.74, 6) is 0.718. The van der Waals surface area contributed by atoms with E-state index in [9.17, 15) is 18.0 Å². The summed E-state index contributed by atoms with van der Waals surface area (Å²) in [7, 11) is 0. The monoisotopic (exact) mass is 456 g/mol. The van der Waals surface area contributed by atoms with E-state index in [1.807, 2.05) is 13.0 Å². The van der Waals surface area contributed by atoms with Gasteiger partial charge in [0.2, 0.25) is 0 Å². The first kappa shape index (κ1) is 23.7. The fourth-order valence-electron chi connectivity index (χ4n) is 2.88. The number of hydrogen-bond donors (Lipinski definition) is 3. The highest BCUT2D eigenvalue weighted by Crippen LogP contribution is 2.30. The number of carboxylic acids is 1. The number of benzene rings is 3. The van der Waals surface area contributed by atoms with Gasteiger partial charge < -0.3 is 20.5 Å². The molecule has 3 rings (SSSR count). The lowest BCUT2D eigenvalue weighted by molar-refractivity contribution is -0.137. The third-order valence-corrected chi connectivity index (χ3v) is 4.60. The van der Waals surface area contributed by atoms with Crippen LogP contribution in [-0.2, 0) is 6.18 Å². The summed E-state index contributed by atoms with van der Waals surface area (Å²) >= 11 is 0. The molecule has 0 saturated carbocycles. The van der Waals surface area contributed by atoms with Crippen molar-refractivity contribution >= 4 is 17.3 Å². The molecule has 0 fully saturated rings. The van der Waals surface area contributed by atoms with Gasteiger partial charge in [0.15, 0.2) is 0 Å². The number of rotatable bonds is 9. The summed E-state index contributed by atoms with van der Waals surface area (Å²) in [5.41, 5.74) is 0.759. The van der Waals surface area contributed by atoms with Gasteiger partial charge in [0.1, 0.15) is 17.3 Å². The summed E-state index contributed by atoms with van der Waals surface area (Å²) in [6, 6.07) is 18.0. The number of nitrogens with one attached hydrogen (secondary N) is 2. The second-order valence-electron chi connectivity index (χ2n) is 7.19. The molecule has 0 atom stereocenters. The van der Waals surface area contributed by atoms with Crippen molar-refractivity contribution in [2.24, 2.45) is 0 Å². The van der Waals surface area contributed by atoms with Gasteiger partial charge in [-0.2, -0.15) is 13.2 Å². The summed E-state index contributed by atoms with van der Waals surface area (Å²) in [6.45, 7) is 2.03. The zero-order valence-electron chi connectivity index (χ0n) is 17.8. The van der Waals surface area contributed by atoms with Gasteiger partial charge in [0.25, 0.3) is 0 Å². The standard InChI is InChI=1S/C25H23F3N2O3/c1-2-3-4-23(29-19-9-7-18(8-10-19)25(26,27)28)30-20-11-15-22(16-12-20)33-21-13-5-17(6-14-21)24(31)32/h4-16,29-30H,2-3H2,1H3,(H,31,32)/b23-4+. The Balaban J connectivity index is 1.66. The molecule has 33 heavy (non-hydrogen) atoms. The van der Waals surface area contributed by atoms with Gasteiger partial charge >= 0.3 is 12.1 Å². The summed E-state index contributed by atoms with van der Waals surface area (Å²) in [4.78, 5) is 10.9. The number of halogens is 3. The van der Waals surface area contributed by atoms with Crippen molar-refractivity contribution < 1.29 is 27.8 Å². The minimum Gasteiger partial charge on any atom is -0.478 e. The fraction of sp³-hybridized carbons (Fsp3) is 0.160. The zero-order chi connectivity index (χ0) is 23.8. The molecule has 8 heteroatoms. The summed E-state index contributed by atoms with van der Waals surface area (Å²) in [5, 5.41) is 15.3. The Hall–Kier alpha value is -3.94. The molecular formula is C25H23F3N2O3. The maximum Gasteiger partial charge on any atom is 0.416 e. The lowest BCUT2D eigenvalue weighted by Crippen LogP contribution is -2.10. The molecule has 0 aliphatic heterocycles. The predicted molar refractivity (Wildman–Crippen MR) is 122 cm³/mol. The number of aromatic carboxylic acids is 1. The maximum atomic E-state index is 12.8. The van der Waals surface area contributed by atoms with Crippen molar-refractivity contribution in [3.63, 3.8) is 0 Å². The van der Waals surface area contributed by atoms with Gasteiger partial charge in [0.05, 0.1) is 11.1 Å². The van der Waals surface area contributed by atoms with Gasteiger partial charge in [-0.25, -0.2) is 4.79 Å². The second kappa shape index (κ2) is 10.6. The molecule has 172 valence electrons. The van der Waals surface area contributed by atoms with Gasteiger partial charge in [-0.3, -0.25) is 0 Å². The molecule has 0 aliphatic carbocycles. The number of hydrogen-bond acceptors (Lipinski definition) is 4. The minimum absolute atomic E-state index is 0.175. The van der Waals surface area contributed by atoms with Crippen LogP contribution in [-0.4, -0.2) is 11.1 Å². The Labute approximate surface area is 189 Å². The smallest absolute Gasteiger partial charge is 0.416 e. The van der Waals surface area contributed by atoms with Crippen LogP contribution in [0.4, 0.5) is 24.5 Å². The molecule has 5 nitrogen and oxygen atoms in total. The lowest BCUT2D eigenvalue weighted by Gasteiger charge is -2.15. The summed E-state index contributed by atoms with van der Waals surface area (Å²) < 4.78 is 44.1. The normalized spacial score (nSPS) is 11.7. The maximum absolute atomic E-state index is 12.8. The van der Waals surface area contributed by atoms with E-state index in [0.29, 0.717) is 23.0 Å². The predicted octanol–water partition coefficient (Wildman–Crippen LogP) is 7.36. The third-order valence-electron chi connectivity index (χ3n) is 4.60. The average molecular weight is 456 g/mol. The van der Waals surface area contributed by atoms with Crippen LogP contribution in [0.1, 0.15) is 35.7 Å². The van der Waals surface area contributed by atoms with Crippen molar-refractivity contribution in [3.05, 3.63) is 95.8 Å². The van der Waals surface area contributed by atoms with Gasteiger partial charge in [-0.1, -0.05) is 13.3 Å². The van der Waals surface area contributed by atoms with E-state index >= 15 is 0 Å².